The molecule has 2 aromatic carbocycles. The van der Waals surface area contributed by atoms with Crippen molar-refractivity contribution < 1.29 is 9.18 Å². The molecule has 0 atom stereocenters. The van der Waals surface area contributed by atoms with Crippen molar-refractivity contribution >= 4 is 28.7 Å². The lowest BCUT2D eigenvalue weighted by Gasteiger charge is -2.10. The Morgan fingerprint density at radius 1 is 1.00 bits per heavy atom. The minimum absolute atomic E-state index is 0.338. The molecule has 0 unspecified atom stereocenters. The van der Waals surface area contributed by atoms with E-state index in [4.69, 9.17) is 11.6 Å². The van der Waals surface area contributed by atoms with Gasteiger partial charge in [-0.1, -0.05) is 17.7 Å². The van der Waals surface area contributed by atoms with Crippen molar-refractivity contribution in [3.05, 3.63) is 112 Å². The van der Waals surface area contributed by atoms with Gasteiger partial charge in [0.15, 0.2) is 0 Å². The number of aryl methyl sites for hydroxylation is 1. The van der Waals surface area contributed by atoms with Gasteiger partial charge in [-0.2, -0.15) is 5.10 Å². The van der Waals surface area contributed by atoms with Gasteiger partial charge in [0.25, 0.3) is 5.91 Å². The van der Waals surface area contributed by atoms with E-state index in [2.05, 4.69) is 10.5 Å². The Morgan fingerprint density at radius 3 is 2.41 bits per heavy atom. The Hall–Kier alpha value is -3.44. The average molecular weight is 406 g/mol. The van der Waals surface area contributed by atoms with Gasteiger partial charge >= 0.3 is 0 Å². The molecule has 1 amide bonds. The summed E-state index contributed by atoms with van der Waals surface area (Å²) >= 11 is 5.88. The first kappa shape index (κ1) is 18.9. The van der Waals surface area contributed by atoms with Gasteiger partial charge in [-0.05, 0) is 79.2 Å². The molecule has 1 N–H and O–H groups in total. The van der Waals surface area contributed by atoms with Gasteiger partial charge in [-0.25, -0.2) is 9.82 Å². The van der Waals surface area contributed by atoms with Crippen LogP contribution >= 0.6 is 11.6 Å². The Balaban J connectivity index is 1.79. The summed E-state index contributed by atoms with van der Waals surface area (Å²) in [7, 11) is 0. The van der Waals surface area contributed by atoms with Crippen LogP contribution in [0.5, 0.6) is 0 Å². The maximum absolute atomic E-state index is 13.5. The maximum atomic E-state index is 13.5. The summed E-state index contributed by atoms with van der Waals surface area (Å²) in [6.45, 7) is 1.97. The first-order valence-electron chi connectivity index (χ1n) is 8.99. The summed E-state index contributed by atoms with van der Waals surface area (Å²) in [6, 6.07) is 20.5. The number of rotatable bonds is 4. The van der Waals surface area contributed by atoms with Gasteiger partial charge in [0.05, 0.1) is 5.69 Å². The van der Waals surface area contributed by atoms with E-state index in [1.165, 1.54) is 12.1 Å². The number of nitrogens with one attached hydrogen (secondary N) is 1. The van der Waals surface area contributed by atoms with Crippen molar-refractivity contribution in [1.29, 1.82) is 0 Å². The van der Waals surface area contributed by atoms with E-state index >= 15 is 0 Å². The Kier molecular flexibility index (Phi) is 5.14. The minimum atomic E-state index is -0.361. The molecule has 6 heteroatoms. The fourth-order valence-corrected chi connectivity index (χ4v) is 3.32. The number of hydrogen-bond acceptors (Lipinski definition) is 2. The molecule has 0 aliphatic rings. The van der Waals surface area contributed by atoms with Gasteiger partial charge in [0, 0.05) is 27.9 Å². The number of aromatic nitrogens is 1. The number of carbonyl (C=O) groups is 1. The topological polar surface area (TPSA) is 45.9 Å². The van der Waals surface area contributed by atoms with Crippen molar-refractivity contribution in [2.45, 2.75) is 6.92 Å². The summed E-state index contributed by atoms with van der Waals surface area (Å²) in [5.41, 5.74) is 7.08. The highest BCUT2D eigenvalue weighted by Crippen LogP contribution is 2.20. The third-order valence-electron chi connectivity index (χ3n) is 4.59. The van der Waals surface area contributed by atoms with Crippen molar-refractivity contribution in [1.82, 2.24) is 9.83 Å². The summed E-state index contributed by atoms with van der Waals surface area (Å²) < 4.78 is 15.5. The molecular weight excluding hydrogens is 389 g/mol. The molecule has 0 bridgehead atoms. The molecule has 0 saturated carbocycles. The number of pyridine rings is 1. The normalized spacial score (nSPS) is 11.6. The van der Waals surface area contributed by atoms with Gasteiger partial charge in [-0.15, -0.1) is 0 Å². The van der Waals surface area contributed by atoms with E-state index in [1.807, 2.05) is 41.8 Å². The molecule has 0 radical (unpaired) electrons. The summed E-state index contributed by atoms with van der Waals surface area (Å²) in [6.07, 6.45) is 1.93. The third-order valence-corrected chi connectivity index (χ3v) is 4.84. The highest BCUT2D eigenvalue weighted by molar-refractivity contribution is 6.30. The minimum Gasteiger partial charge on any atom is -0.315 e. The smallest absolute Gasteiger partial charge is 0.271 e. The number of hydrogen-bond donors (Lipinski definition) is 1. The Bertz CT molecular complexity index is 1210. The Labute approximate surface area is 172 Å². The van der Waals surface area contributed by atoms with Crippen molar-refractivity contribution in [2.24, 2.45) is 5.10 Å². The second-order valence-electron chi connectivity index (χ2n) is 6.59. The van der Waals surface area contributed by atoms with Crippen LogP contribution in [0, 0.1) is 12.7 Å². The number of halogens is 2. The predicted molar refractivity (Wildman–Crippen MR) is 113 cm³/mol. The second-order valence-corrected chi connectivity index (χ2v) is 7.02. The van der Waals surface area contributed by atoms with E-state index in [-0.39, 0.29) is 11.7 Å². The molecular formula is C23H17ClFN3O. The van der Waals surface area contributed by atoms with Crippen LogP contribution in [-0.2, 0) is 0 Å². The quantitative estimate of drug-likeness (QED) is 0.367. The molecule has 29 heavy (non-hydrogen) atoms. The fourth-order valence-electron chi connectivity index (χ4n) is 3.19. The van der Waals surface area contributed by atoms with Crippen LogP contribution in [0.25, 0.3) is 5.52 Å². The molecule has 2 aromatic heterocycles. The molecule has 4 nitrogen and oxygen atoms in total. The Morgan fingerprint density at radius 2 is 1.69 bits per heavy atom. The van der Waals surface area contributed by atoms with Gasteiger partial charge in [0.1, 0.15) is 11.5 Å². The third kappa shape index (κ3) is 3.91. The lowest BCUT2D eigenvalue weighted by atomic mass is 10.0. The van der Waals surface area contributed by atoms with Gasteiger partial charge in [0.2, 0.25) is 0 Å². The van der Waals surface area contributed by atoms with Crippen molar-refractivity contribution in [3.63, 3.8) is 0 Å². The largest absolute Gasteiger partial charge is 0.315 e. The predicted octanol–water partition coefficient (Wildman–Crippen LogP) is 5.22. The second kappa shape index (κ2) is 7.89. The van der Waals surface area contributed by atoms with Crippen LogP contribution < -0.4 is 5.43 Å². The maximum Gasteiger partial charge on any atom is 0.271 e. The molecule has 0 saturated heterocycles. The lowest BCUT2D eigenvalue weighted by Crippen LogP contribution is -2.21. The van der Waals surface area contributed by atoms with E-state index in [0.717, 1.165) is 16.8 Å². The SMILES string of the molecule is Cc1cc2ccccn2c1C(=NNC(=O)c1ccc(Cl)cc1)c1ccc(F)cc1. The summed E-state index contributed by atoms with van der Waals surface area (Å²) in [4.78, 5) is 12.5. The van der Waals surface area contributed by atoms with E-state index in [0.29, 0.717) is 21.9 Å². The highest BCUT2D eigenvalue weighted by Gasteiger charge is 2.16. The first-order chi connectivity index (χ1) is 14.0. The molecule has 0 aliphatic heterocycles. The number of hydrazone groups is 1. The number of nitrogens with zero attached hydrogens (tertiary/aromatic N) is 2. The van der Waals surface area contributed by atoms with Crippen LogP contribution in [0.15, 0.2) is 84.1 Å². The zero-order valence-corrected chi connectivity index (χ0v) is 16.3. The lowest BCUT2D eigenvalue weighted by molar-refractivity contribution is 0.0955. The standard InChI is InChI=1S/C23H17ClFN3O/c1-15-14-20-4-2-3-13-28(20)22(15)21(16-7-11-19(25)12-8-16)26-27-23(29)17-5-9-18(24)10-6-17/h2-14H,1H3,(H,27,29). The molecule has 144 valence electrons. The van der Waals surface area contributed by atoms with E-state index in [9.17, 15) is 9.18 Å². The van der Waals surface area contributed by atoms with Crippen LogP contribution in [0.2, 0.25) is 5.02 Å². The molecule has 0 fully saturated rings. The monoisotopic (exact) mass is 405 g/mol. The summed E-state index contributed by atoms with van der Waals surface area (Å²) in [5.74, 6) is -0.699. The first-order valence-corrected chi connectivity index (χ1v) is 9.37. The van der Waals surface area contributed by atoms with Gasteiger partial charge in [-0.3, -0.25) is 4.79 Å². The zero-order chi connectivity index (χ0) is 20.4. The van der Waals surface area contributed by atoms with Crippen molar-refractivity contribution in [2.75, 3.05) is 0 Å². The zero-order valence-electron chi connectivity index (χ0n) is 15.6. The number of amides is 1. The van der Waals surface area contributed by atoms with Gasteiger partial charge < -0.3 is 4.40 Å². The number of fused-ring (bicyclic) bond motifs is 1. The summed E-state index contributed by atoms with van der Waals surface area (Å²) in [5, 5.41) is 4.97. The fraction of sp³-hybridized carbons (Fsp3) is 0.0435. The van der Waals surface area contributed by atoms with Crippen molar-refractivity contribution in [3.8, 4) is 0 Å². The molecule has 4 rings (SSSR count). The molecule has 0 spiro atoms. The van der Waals surface area contributed by atoms with Crippen LogP contribution in [0.3, 0.4) is 0 Å². The highest BCUT2D eigenvalue weighted by atomic mass is 35.5. The molecule has 4 aromatic rings. The van der Waals surface area contributed by atoms with Crippen LogP contribution in [0.1, 0.15) is 27.2 Å². The van der Waals surface area contributed by atoms with E-state index < -0.39 is 0 Å². The molecule has 0 aliphatic carbocycles. The number of benzene rings is 2. The number of carbonyl (C=O) groups excluding carboxylic acids is 1. The average Bonchev–Trinajstić information content (AvgIpc) is 3.06. The molecule has 2 heterocycles. The van der Waals surface area contributed by atoms with Crippen LogP contribution in [0.4, 0.5) is 4.39 Å². The van der Waals surface area contributed by atoms with Crippen LogP contribution in [-0.4, -0.2) is 16.0 Å². The van der Waals surface area contributed by atoms with E-state index in [1.54, 1.807) is 36.4 Å².